The van der Waals surface area contributed by atoms with Crippen LogP contribution in [0.25, 0.3) is 0 Å². The number of hydrogen-bond donors (Lipinski definition) is 2. The van der Waals surface area contributed by atoms with E-state index in [1.807, 2.05) is 4.90 Å². The fourth-order valence-electron chi connectivity index (χ4n) is 3.00. The van der Waals surface area contributed by atoms with Gasteiger partial charge in [-0.3, -0.25) is 4.79 Å². The van der Waals surface area contributed by atoms with E-state index in [0.29, 0.717) is 30.4 Å². The Morgan fingerprint density at radius 2 is 1.78 bits per heavy atom. The van der Waals surface area contributed by atoms with Gasteiger partial charge in [0.25, 0.3) is 15.9 Å². The molecule has 4 rings (SSSR count). The van der Waals surface area contributed by atoms with Crippen LogP contribution in [0.2, 0.25) is 0 Å². The first-order valence-corrected chi connectivity index (χ1v) is 11.3. The molecule has 166 valence electrons. The summed E-state index contributed by atoms with van der Waals surface area (Å²) in [5, 5.41) is 10.8. The Balaban J connectivity index is 1.40. The van der Waals surface area contributed by atoms with Crippen molar-refractivity contribution < 1.29 is 17.9 Å². The van der Waals surface area contributed by atoms with Crippen LogP contribution in [0.3, 0.4) is 0 Å². The van der Waals surface area contributed by atoms with E-state index in [-0.39, 0.29) is 16.5 Å². The Bertz CT molecular complexity index is 1200. The molecule has 12 heteroatoms. The standard InChI is InChI=1S/C20H21N7O4S/c1-14-8-9-21-20(22-14)26-32(29,30)16-4-2-15(3-5-16)23-19(28)17-6-7-18(25-24-17)27-10-12-31-13-11-27/h2-9H,10-13H2,1H3,(H,23,28)(H,21,22,26). The van der Waals surface area contributed by atoms with Crippen LogP contribution in [-0.4, -0.2) is 60.8 Å². The Labute approximate surface area is 184 Å². The van der Waals surface area contributed by atoms with Crippen molar-refractivity contribution >= 4 is 33.4 Å². The molecular weight excluding hydrogens is 434 g/mol. The van der Waals surface area contributed by atoms with E-state index in [4.69, 9.17) is 4.74 Å². The molecule has 2 N–H and O–H groups in total. The van der Waals surface area contributed by atoms with E-state index in [1.165, 1.54) is 30.5 Å². The van der Waals surface area contributed by atoms with Gasteiger partial charge in [0.2, 0.25) is 5.95 Å². The van der Waals surface area contributed by atoms with Crippen LogP contribution in [0, 0.1) is 6.92 Å². The molecule has 0 bridgehead atoms. The maximum absolute atomic E-state index is 12.5. The van der Waals surface area contributed by atoms with Gasteiger partial charge in [0.15, 0.2) is 11.5 Å². The van der Waals surface area contributed by atoms with Gasteiger partial charge in [0.1, 0.15) is 0 Å². The van der Waals surface area contributed by atoms with E-state index >= 15 is 0 Å². The number of carbonyl (C=O) groups excluding carboxylic acids is 1. The third-order valence-corrected chi connectivity index (χ3v) is 6.01. The number of carbonyl (C=O) groups is 1. The number of benzene rings is 1. The summed E-state index contributed by atoms with van der Waals surface area (Å²) in [7, 11) is -3.87. The Morgan fingerprint density at radius 1 is 1.03 bits per heavy atom. The lowest BCUT2D eigenvalue weighted by Crippen LogP contribution is -2.37. The van der Waals surface area contributed by atoms with Gasteiger partial charge in [0.05, 0.1) is 18.1 Å². The van der Waals surface area contributed by atoms with Crippen LogP contribution in [0.15, 0.2) is 53.6 Å². The van der Waals surface area contributed by atoms with E-state index < -0.39 is 15.9 Å². The number of nitrogens with zero attached hydrogens (tertiary/aromatic N) is 5. The lowest BCUT2D eigenvalue weighted by Gasteiger charge is -2.27. The van der Waals surface area contributed by atoms with E-state index in [2.05, 4.69) is 30.2 Å². The third-order valence-electron chi connectivity index (χ3n) is 4.66. The molecular formula is C20H21N7O4S. The SMILES string of the molecule is Cc1ccnc(NS(=O)(=O)c2ccc(NC(=O)c3ccc(N4CCOCC4)nn3)cc2)n1. The molecule has 0 spiro atoms. The van der Waals surface area contributed by atoms with E-state index in [1.54, 1.807) is 25.1 Å². The van der Waals surface area contributed by atoms with Crippen molar-refractivity contribution in [2.24, 2.45) is 0 Å². The molecule has 1 fully saturated rings. The van der Waals surface area contributed by atoms with Crippen molar-refractivity contribution in [1.29, 1.82) is 0 Å². The van der Waals surface area contributed by atoms with Crippen molar-refractivity contribution in [2.75, 3.05) is 41.2 Å². The monoisotopic (exact) mass is 455 g/mol. The molecule has 32 heavy (non-hydrogen) atoms. The molecule has 1 amide bonds. The molecule has 1 aliphatic rings. The van der Waals surface area contributed by atoms with Crippen LogP contribution >= 0.6 is 0 Å². The largest absolute Gasteiger partial charge is 0.378 e. The molecule has 0 saturated carbocycles. The predicted molar refractivity (Wildman–Crippen MR) is 117 cm³/mol. The minimum atomic E-state index is -3.87. The molecule has 1 aromatic carbocycles. The summed E-state index contributed by atoms with van der Waals surface area (Å²) in [6, 6.07) is 10.7. The molecule has 0 radical (unpaired) electrons. The molecule has 1 aliphatic heterocycles. The second-order valence-corrected chi connectivity index (χ2v) is 8.66. The highest BCUT2D eigenvalue weighted by molar-refractivity contribution is 7.92. The number of amides is 1. The topological polar surface area (TPSA) is 139 Å². The number of sulfonamides is 1. The summed E-state index contributed by atoms with van der Waals surface area (Å²) < 4.78 is 32.7. The minimum absolute atomic E-state index is 0.00950. The van der Waals surface area contributed by atoms with E-state index in [9.17, 15) is 13.2 Å². The number of rotatable bonds is 6. The van der Waals surface area contributed by atoms with Crippen molar-refractivity contribution in [2.45, 2.75) is 11.8 Å². The Kier molecular flexibility index (Phi) is 6.23. The van der Waals surface area contributed by atoms with Crippen molar-refractivity contribution in [3.8, 4) is 0 Å². The smallest absolute Gasteiger partial charge is 0.276 e. The zero-order chi connectivity index (χ0) is 22.6. The lowest BCUT2D eigenvalue weighted by atomic mass is 10.3. The molecule has 2 aromatic heterocycles. The highest BCUT2D eigenvalue weighted by atomic mass is 32.2. The summed E-state index contributed by atoms with van der Waals surface area (Å²) >= 11 is 0. The van der Waals surface area contributed by atoms with Gasteiger partial charge < -0.3 is 15.0 Å². The van der Waals surface area contributed by atoms with Crippen LogP contribution in [-0.2, 0) is 14.8 Å². The number of morpholine rings is 1. The first-order chi connectivity index (χ1) is 15.4. The fraction of sp³-hybridized carbons (Fsp3) is 0.250. The van der Waals surface area contributed by atoms with Gasteiger partial charge in [-0.15, -0.1) is 10.2 Å². The number of ether oxygens (including phenoxy) is 1. The molecule has 1 saturated heterocycles. The molecule has 11 nitrogen and oxygen atoms in total. The zero-order valence-electron chi connectivity index (χ0n) is 17.2. The van der Waals surface area contributed by atoms with Crippen molar-refractivity contribution in [3.05, 3.63) is 60.0 Å². The van der Waals surface area contributed by atoms with Crippen molar-refractivity contribution in [1.82, 2.24) is 20.2 Å². The molecule has 0 unspecified atom stereocenters. The summed E-state index contributed by atoms with van der Waals surface area (Å²) in [4.78, 5) is 22.4. The number of nitrogens with one attached hydrogen (secondary N) is 2. The van der Waals surface area contributed by atoms with Gasteiger partial charge in [-0.1, -0.05) is 0 Å². The van der Waals surface area contributed by atoms with Gasteiger partial charge >= 0.3 is 0 Å². The highest BCUT2D eigenvalue weighted by Crippen LogP contribution is 2.18. The summed E-state index contributed by atoms with van der Waals surface area (Å²) in [5.41, 5.74) is 1.20. The summed E-state index contributed by atoms with van der Waals surface area (Å²) in [6.07, 6.45) is 1.47. The molecule has 3 aromatic rings. The number of anilines is 3. The number of aromatic nitrogens is 4. The lowest BCUT2D eigenvalue weighted by molar-refractivity contribution is 0.102. The van der Waals surface area contributed by atoms with Crippen LogP contribution in [0.1, 0.15) is 16.2 Å². The van der Waals surface area contributed by atoms with Gasteiger partial charge in [-0.25, -0.2) is 23.1 Å². The third kappa shape index (κ3) is 5.15. The van der Waals surface area contributed by atoms with Gasteiger partial charge in [0, 0.05) is 30.7 Å². The first kappa shape index (κ1) is 21.6. The summed E-state index contributed by atoms with van der Waals surface area (Å²) in [6.45, 7) is 4.44. The quantitative estimate of drug-likeness (QED) is 0.565. The van der Waals surface area contributed by atoms with Crippen LogP contribution in [0.5, 0.6) is 0 Å². The second kappa shape index (κ2) is 9.24. The van der Waals surface area contributed by atoms with Crippen LogP contribution in [0.4, 0.5) is 17.5 Å². The van der Waals surface area contributed by atoms with Gasteiger partial charge in [-0.05, 0) is 49.4 Å². The highest BCUT2D eigenvalue weighted by Gasteiger charge is 2.17. The first-order valence-electron chi connectivity index (χ1n) is 9.81. The zero-order valence-corrected chi connectivity index (χ0v) is 18.0. The Morgan fingerprint density at radius 3 is 2.44 bits per heavy atom. The number of hydrogen-bond acceptors (Lipinski definition) is 9. The normalized spacial score (nSPS) is 14.1. The maximum atomic E-state index is 12.5. The second-order valence-electron chi connectivity index (χ2n) is 6.98. The summed E-state index contributed by atoms with van der Waals surface area (Å²) in [5.74, 6) is 0.221. The average molecular weight is 456 g/mol. The predicted octanol–water partition coefficient (Wildman–Crippen LogP) is 1.46. The van der Waals surface area contributed by atoms with Crippen molar-refractivity contribution in [3.63, 3.8) is 0 Å². The Hall–Kier alpha value is -3.64. The molecule has 0 atom stereocenters. The molecule has 0 aliphatic carbocycles. The van der Waals surface area contributed by atoms with E-state index in [0.717, 1.165) is 13.1 Å². The fourth-order valence-corrected chi connectivity index (χ4v) is 3.95. The average Bonchev–Trinajstić information content (AvgIpc) is 2.80. The van der Waals surface area contributed by atoms with Gasteiger partial charge in [-0.2, -0.15) is 0 Å². The maximum Gasteiger partial charge on any atom is 0.276 e. The molecule has 3 heterocycles. The van der Waals surface area contributed by atoms with Crippen LogP contribution < -0.4 is 14.9 Å². The number of aryl methyl sites for hydroxylation is 1. The minimum Gasteiger partial charge on any atom is -0.378 e.